The molecule has 0 fully saturated rings. The molecule has 4 rings (SSSR count). The van der Waals surface area contributed by atoms with Crippen molar-refractivity contribution < 1.29 is 9.53 Å². The number of carbonyl (C=O) groups excluding carboxylic acids is 1. The second kappa shape index (κ2) is 11.5. The number of hydrogen-bond donors (Lipinski definition) is 2. The van der Waals surface area contributed by atoms with Crippen LogP contribution in [0.3, 0.4) is 0 Å². The minimum Gasteiger partial charge on any atom is -0.455 e. The van der Waals surface area contributed by atoms with Gasteiger partial charge >= 0.3 is 0 Å². The lowest BCUT2D eigenvalue weighted by Crippen LogP contribution is -2.24. The van der Waals surface area contributed by atoms with E-state index in [0.717, 1.165) is 39.2 Å². The zero-order valence-electron chi connectivity index (χ0n) is 19.9. The molecule has 0 saturated carbocycles. The summed E-state index contributed by atoms with van der Waals surface area (Å²) in [6.45, 7) is 4.43. The van der Waals surface area contributed by atoms with E-state index in [4.69, 9.17) is 4.74 Å². The smallest absolute Gasteiger partial charge is 0.230 e. The zero-order chi connectivity index (χ0) is 24.6. The highest BCUT2D eigenvalue weighted by Gasteiger charge is 2.08. The van der Waals surface area contributed by atoms with Crippen LogP contribution in [0.5, 0.6) is 11.5 Å². The Morgan fingerprint density at radius 1 is 1.06 bits per heavy atom. The summed E-state index contributed by atoms with van der Waals surface area (Å²) in [7, 11) is 0. The van der Waals surface area contributed by atoms with Gasteiger partial charge in [-0.25, -0.2) is 9.97 Å². The maximum atomic E-state index is 11.6. The SMILES string of the molecule is CSCC(=O)NC/C=C/c1ccc2ncnc(Nc3ccc(Oc4ccc(C)nc4)c(C)c3)c2c1. The first-order valence-electron chi connectivity index (χ1n) is 11.2. The molecule has 0 aliphatic rings. The Bertz CT molecular complexity index is 1360. The number of nitrogens with one attached hydrogen (secondary N) is 2. The quantitative estimate of drug-likeness (QED) is 0.316. The van der Waals surface area contributed by atoms with E-state index in [1.165, 1.54) is 11.8 Å². The van der Waals surface area contributed by atoms with Gasteiger partial charge in [-0.1, -0.05) is 18.2 Å². The number of aromatic nitrogens is 3. The van der Waals surface area contributed by atoms with E-state index >= 15 is 0 Å². The second-order valence-corrected chi connectivity index (χ2v) is 8.85. The zero-order valence-corrected chi connectivity index (χ0v) is 20.7. The standard InChI is InChI=1S/C27H27N5O2S/c1-18-13-21(8-11-25(18)34-22-9-6-19(2)29-15-22)32-27-23-14-20(7-10-24(23)30-17-31-27)5-4-12-28-26(33)16-35-3/h4-11,13-15,17H,12,16H2,1-3H3,(H,28,33)(H,30,31,32)/b5-4+. The van der Waals surface area contributed by atoms with E-state index in [1.807, 2.05) is 80.8 Å². The van der Waals surface area contributed by atoms with E-state index in [0.29, 0.717) is 23.9 Å². The molecular formula is C27H27N5O2S. The van der Waals surface area contributed by atoms with E-state index in [9.17, 15) is 4.79 Å². The molecule has 0 aliphatic carbocycles. The van der Waals surface area contributed by atoms with Crippen LogP contribution in [0.1, 0.15) is 16.8 Å². The first-order valence-corrected chi connectivity index (χ1v) is 12.6. The van der Waals surface area contributed by atoms with Gasteiger partial charge in [0.1, 0.15) is 23.6 Å². The highest BCUT2D eigenvalue weighted by atomic mass is 32.2. The Morgan fingerprint density at radius 3 is 2.71 bits per heavy atom. The minimum absolute atomic E-state index is 0.0304. The molecule has 35 heavy (non-hydrogen) atoms. The number of ether oxygens (including phenoxy) is 1. The number of carbonyl (C=O) groups is 1. The van der Waals surface area contributed by atoms with E-state index in [1.54, 1.807) is 12.5 Å². The lowest BCUT2D eigenvalue weighted by atomic mass is 10.1. The van der Waals surface area contributed by atoms with Crippen molar-refractivity contribution in [3.8, 4) is 11.5 Å². The number of benzene rings is 2. The fourth-order valence-electron chi connectivity index (χ4n) is 3.45. The van der Waals surface area contributed by atoms with Gasteiger partial charge in [-0.05, 0) is 73.7 Å². The monoisotopic (exact) mass is 485 g/mol. The lowest BCUT2D eigenvalue weighted by Gasteiger charge is -2.12. The van der Waals surface area contributed by atoms with Crippen molar-refractivity contribution >= 4 is 46.2 Å². The lowest BCUT2D eigenvalue weighted by molar-refractivity contribution is -0.118. The predicted molar refractivity (Wildman–Crippen MR) is 143 cm³/mol. The van der Waals surface area contributed by atoms with Gasteiger partial charge in [0.15, 0.2) is 0 Å². The molecule has 8 heteroatoms. The summed E-state index contributed by atoms with van der Waals surface area (Å²) >= 11 is 1.50. The first-order chi connectivity index (χ1) is 17.0. The fraction of sp³-hybridized carbons (Fsp3) is 0.185. The molecule has 4 aromatic rings. The fourth-order valence-corrected chi connectivity index (χ4v) is 3.81. The maximum Gasteiger partial charge on any atom is 0.230 e. The van der Waals surface area contributed by atoms with Gasteiger partial charge in [0.05, 0.1) is 17.5 Å². The number of fused-ring (bicyclic) bond motifs is 1. The molecule has 178 valence electrons. The van der Waals surface area contributed by atoms with Gasteiger partial charge in [0, 0.05) is 23.3 Å². The van der Waals surface area contributed by atoms with E-state index in [2.05, 4.69) is 25.6 Å². The molecule has 1 amide bonds. The molecule has 7 nitrogen and oxygen atoms in total. The summed E-state index contributed by atoms with van der Waals surface area (Å²) in [5.41, 5.74) is 4.68. The van der Waals surface area contributed by atoms with Crippen molar-refractivity contribution in [2.45, 2.75) is 13.8 Å². The van der Waals surface area contributed by atoms with Crippen LogP contribution >= 0.6 is 11.8 Å². The molecule has 0 spiro atoms. The number of thioether (sulfide) groups is 1. The predicted octanol–water partition coefficient (Wildman–Crippen LogP) is 5.67. The number of hydrogen-bond acceptors (Lipinski definition) is 7. The van der Waals surface area contributed by atoms with E-state index in [-0.39, 0.29) is 5.91 Å². The number of nitrogens with zero attached hydrogens (tertiary/aromatic N) is 3. The molecule has 0 unspecified atom stereocenters. The van der Waals surface area contributed by atoms with Crippen molar-refractivity contribution in [3.63, 3.8) is 0 Å². The Balaban J connectivity index is 1.49. The van der Waals surface area contributed by atoms with Crippen LogP contribution < -0.4 is 15.4 Å². The summed E-state index contributed by atoms with van der Waals surface area (Å²) in [4.78, 5) is 24.7. The van der Waals surface area contributed by atoms with Crippen molar-refractivity contribution in [3.05, 3.63) is 84.0 Å². The van der Waals surface area contributed by atoms with Gasteiger partial charge in [-0.2, -0.15) is 11.8 Å². The largest absolute Gasteiger partial charge is 0.455 e. The summed E-state index contributed by atoms with van der Waals surface area (Å²) in [5.74, 6) is 2.68. The van der Waals surface area contributed by atoms with Crippen LogP contribution in [-0.2, 0) is 4.79 Å². The molecule has 0 atom stereocenters. The van der Waals surface area contributed by atoms with Gasteiger partial charge in [-0.3, -0.25) is 9.78 Å². The Kier molecular flexibility index (Phi) is 7.95. The van der Waals surface area contributed by atoms with Crippen molar-refractivity contribution in [1.29, 1.82) is 0 Å². The average Bonchev–Trinajstić information content (AvgIpc) is 2.85. The molecule has 0 bridgehead atoms. The van der Waals surface area contributed by atoms with Gasteiger partial charge < -0.3 is 15.4 Å². The molecule has 0 aliphatic heterocycles. The molecule has 2 aromatic carbocycles. The van der Waals surface area contributed by atoms with Gasteiger partial charge in [-0.15, -0.1) is 0 Å². The number of rotatable bonds is 9. The normalized spacial score (nSPS) is 11.1. The molecule has 2 heterocycles. The third-order valence-electron chi connectivity index (χ3n) is 5.21. The second-order valence-electron chi connectivity index (χ2n) is 7.98. The van der Waals surface area contributed by atoms with Crippen LogP contribution in [0, 0.1) is 13.8 Å². The highest BCUT2D eigenvalue weighted by Crippen LogP contribution is 2.30. The third kappa shape index (κ3) is 6.58. The summed E-state index contributed by atoms with van der Waals surface area (Å²) < 4.78 is 5.98. The average molecular weight is 486 g/mol. The van der Waals surface area contributed by atoms with Crippen molar-refractivity contribution in [2.24, 2.45) is 0 Å². The molecule has 0 radical (unpaired) electrons. The summed E-state index contributed by atoms with van der Waals surface area (Å²) in [6, 6.07) is 15.7. The van der Waals surface area contributed by atoms with Gasteiger partial charge in [0.2, 0.25) is 5.91 Å². The van der Waals surface area contributed by atoms with Crippen LogP contribution in [-0.4, -0.2) is 39.4 Å². The Labute approximate surface area is 209 Å². The van der Waals surface area contributed by atoms with Crippen LogP contribution in [0.25, 0.3) is 17.0 Å². The summed E-state index contributed by atoms with van der Waals surface area (Å²) in [6.07, 6.45) is 9.09. The summed E-state index contributed by atoms with van der Waals surface area (Å²) in [5, 5.41) is 7.18. The molecule has 2 N–H and O–H groups in total. The van der Waals surface area contributed by atoms with Crippen LogP contribution in [0.4, 0.5) is 11.5 Å². The number of pyridine rings is 1. The highest BCUT2D eigenvalue weighted by molar-refractivity contribution is 7.99. The van der Waals surface area contributed by atoms with Crippen molar-refractivity contribution in [2.75, 3.05) is 23.9 Å². The van der Waals surface area contributed by atoms with Crippen LogP contribution in [0.2, 0.25) is 0 Å². The molecule has 0 saturated heterocycles. The van der Waals surface area contributed by atoms with Crippen LogP contribution in [0.15, 0.2) is 67.1 Å². The molecular weight excluding hydrogens is 458 g/mol. The molecule has 2 aromatic heterocycles. The van der Waals surface area contributed by atoms with Gasteiger partial charge in [0.25, 0.3) is 0 Å². The third-order valence-corrected chi connectivity index (χ3v) is 5.76. The Morgan fingerprint density at radius 2 is 1.94 bits per heavy atom. The maximum absolute atomic E-state index is 11.6. The van der Waals surface area contributed by atoms with E-state index < -0.39 is 0 Å². The van der Waals surface area contributed by atoms with Crippen molar-refractivity contribution in [1.82, 2.24) is 20.3 Å². The Hall–Kier alpha value is -3.91. The first kappa shape index (κ1) is 24.2. The number of anilines is 2. The topological polar surface area (TPSA) is 89.0 Å². The number of amides is 1. The minimum atomic E-state index is 0.0304. The number of aryl methyl sites for hydroxylation is 2.